The molecule has 1 aromatic carbocycles. The number of furan rings is 1. The van der Waals surface area contributed by atoms with Gasteiger partial charge in [-0.05, 0) is 28.1 Å². The third kappa shape index (κ3) is 3.12. The standard InChI is InChI=1S/C11H9BrCl2N2O3S/c12-11-9(4-6(5-15)19-11)20(17,18)16-8-3-1-2-7(13)10(8)14/h1-4,16H,5,15H2. The average Bonchev–Trinajstić information content (AvgIpc) is 2.77. The zero-order chi connectivity index (χ0) is 14.9. The number of hydrogen-bond donors (Lipinski definition) is 2. The first-order valence-corrected chi connectivity index (χ1v) is 8.33. The maximum Gasteiger partial charge on any atom is 0.266 e. The molecule has 0 spiro atoms. The second-order valence-corrected chi connectivity index (χ2v) is 6.92. The summed E-state index contributed by atoms with van der Waals surface area (Å²) in [5, 5.41) is 0.372. The van der Waals surface area contributed by atoms with Crippen LogP contribution in [0.2, 0.25) is 10.0 Å². The van der Waals surface area contributed by atoms with Crippen LogP contribution in [0.15, 0.2) is 38.2 Å². The van der Waals surface area contributed by atoms with Gasteiger partial charge in [-0.15, -0.1) is 0 Å². The molecular weight excluding hydrogens is 391 g/mol. The molecule has 0 unspecified atom stereocenters. The zero-order valence-corrected chi connectivity index (χ0v) is 13.8. The van der Waals surface area contributed by atoms with Crippen molar-refractivity contribution in [1.82, 2.24) is 0 Å². The van der Waals surface area contributed by atoms with Crippen molar-refractivity contribution in [1.29, 1.82) is 0 Å². The highest BCUT2D eigenvalue weighted by molar-refractivity contribution is 9.10. The Morgan fingerprint density at radius 2 is 2.05 bits per heavy atom. The van der Waals surface area contributed by atoms with E-state index in [1.54, 1.807) is 12.1 Å². The van der Waals surface area contributed by atoms with E-state index in [1.807, 2.05) is 0 Å². The SMILES string of the molecule is NCc1cc(S(=O)(=O)Nc2cccc(Cl)c2Cl)c(Br)o1. The molecule has 0 amide bonds. The Hall–Kier alpha value is -0.730. The number of halogens is 3. The van der Waals surface area contributed by atoms with Crippen molar-refractivity contribution in [3.8, 4) is 0 Å². The minimum atomic E-state index is -3.86. The first kappa shape index (κ1) is 15.7. The van der Waals surface area contributed by atoms with Gasteiger partial charge in [0.2, 0.25) is 0 Å². The molecule has 2 rings (SSSR count). The highest BCUT2D eigenvalue weighted by Crippen LogP contribution is 2.33. The molecule has 0 radical (unpaired) electrons. The Kier molecular flexibility index (Phi) is 4.66. The van der Waals surface area contributed by atoms with Crippen molar-refractivity contribution in [3.05, 3.63) is 44.7 Å². The van der Waals surface area contributed by atoms with Crippen LogP contribution in [0.4, 0.5) is 5.69 Å². The van der Waals surface area contributed by atoms with E-state index in [9.17, 15) is 8.42 Å². The summed E-state index contributed by atoms with van der Waals surface area (Å²) in [6, 6.07) is 5.98. The van der Waals surface area contributed by atoms with Crippen molar-refractivity contribution in [2.24, 2.45) is 5.73 Å². The predicted octanol–water partition coefficient (Wildman–Crippen LogP) is 3.61. The molecule has 0 fully saturated rings. The Morgan fingerprint density at radius 1 is 1.35 bits per heavy atom. The average molecular weight is 400 g/mol. The van der Waals surface area contributed by atoms with Gasteiger partial charge in [0.05, 0.1) is 22.3 Å². The fraction of sp³-hybridized carbons (Fsp3) is 0.0909. The van der Waals surface area contributed by atoms with Crippen LogP contribution in [-0.4, -0.2) is 8.42 Å². The third-order valence-corrected chi connectivity index (χ3v) is 5.43. The van der Waals surface area contributed by atoms with E-state index in [-0.39, 0.29) is 31.8 Å². The van der Waals surface area contributed by atoms with Gasteiger partial charge in [0.1, 0.15) is 10.7 Å². The maximum atomic E-state index is 12.3. The smallest absolute Gasteiger partial charge is 0.266 e. The molecule has 3 N–H and O–H groups in total. The van der Waals surface area contributed by atoms with Gasteiger partial charge in [-0.2, -0.15) is 0 Å². The van der Waals surface area contributed by atoms with Gasteiger partial charge in [0.15, 0.2) is 4.67 Å². The molecule has 108 valence electrons. The van der Waals surface area contributed by atoms with E-state index in [2.05, 4.69) is 20.7 Å². The van der Waals surface area contributed by atoms with Gasteiger partial charge < -0.3 is 10.2 Å². The van der Waals surface area contributed by atoms with E-state index in [0.29, 0.717) is 5.76 Å². The fourth-order valence-electron chi connectivity index (χ4n) is 1.46. The first-order valence-electron chi connectivity index (χ1n) is 5.30. The largest absolute Gasteiger partial charge is 0.452 e. The lowest BCUT2D eigenvalue weighted by atomic mass is 10.3. The number of anilines is 1. The van der Waals surface area contributed by atoms with E-state index >= 15 is 0 Å². The summed E-state index contributed by atoms with van der Waals surface area (Å²) in [7, 11) is -3.86. The molecule has 0 saturated heterocycles. The second-order valence-electron chi connectivity index (χ2n) is 3.76. The van der Waals surface area contributed by atoms with Crippen LogP contribution >= 0.6 is 39.1 Å². The number of benzene rings is 1. The van der Waals surface area contributed by atoms with E-state index < -0.39 is 10.0 Å². The molecule has 0 atom stereocenters. The molecule has 0 bridgehead atoms. The molecule has 0 aliphatic rings. The van der Waals surface area contributed by atoms with Crippen LogP contribution in [0.25, 0.3) is 0 Å². The van der Waals surface area contributed by atoms with E-state index in [4.69, 9.17) is 33.4 Å². The van der Waals surface area contributed by atoms with Crippen molar-refractivity contribution in [2.75, 3.05) is 4.72 Å². The van der Waals surface area contributed by atoms with E-state index in [0.717, 1.165) is 0 Å². The van der Waals surface area contributed by atoms with Crippen LogP contribution in [0.1, 0.15) is 5.76 Å². The second kappa shape index (κ2) is 5.95. The van der Waals surface area contributed by atoms with Gasteiger partial charge in [-0.25, -0.2) is 8.42 Å². The monoisotopic (exact) mass is 398 g/mol. The topological polar surface area (TPSA) is 85.3 Å². The van der Waals surface area contributed by atoms with Crippen LogP contribution in [-0.2, 0) is 16.6 Å². The molecule has 9 heteroatoms. The lowest BCUT2D eigenvalue weighted by molar-refractivity contribution is 0.484. The molecule has 1 heterocycles. The highest BCUT2D eigenvalue weighted by Gasteiger charge is 2.23. The lowest BCUT2D eigenvalue weighted by Gasteiger charge is -2.09. The molecule has 0 aliphatic heterocycles. The minimum Gasteiger partial charge on any atom is -0.452 e. The molecule has 0 aliphatic carbocycles. The summed E-state index contributed by atoms with van der Waals surface area (Å²) >= 11 is 14.8. The number of sulfonamides is 1. The fourth-order valence-corrected chi connectivity index (χ4v) is 3.94. The van der Waals surface area contributed by atoms with Gasteiger partial charge in [-0.1, -0.05) is 29.3 Å². The first-order chi connectivity index (χ1) is 9.35. The van der Waals surface area contributed by atoms with Gasteiger partial charge in [-0.3, -0.25) is 4.72 Å². The summed E-state index contributed by atoms with van der Waals surface area (Å²) in [5.74, 6) is 0.342. The Balaban J connectivity index is 2.40. The number of hydrogen-bond acceptors (Lipinski definition) is 4. The summed E-state index contributed by atoms with van der Waals surface area (Å²) in [5.41, 5.74) is 5.59. The zero-order valence-electron chi connectivity index (χ0n) is 9.86. The van der Waals surface area contributed by atoms with Gasteiger partial charge >= 0.3 is 0 Å². The quantitative estimate of drug-likeness (QED) is 0.822. The lowest BCUT2D eigenvalue weighted by Crippen LogP contribution is -2.13. The molecular formula is C11H9BrCl2N2O3S. The maximum absolute atomic E-state index is 12.3. The van der Waals surface area contributed by atoms with Crippen molar-refractivity contribution in [3.63, 3.8) is 0 Å². The highest BCUT2D eigenvalue weighted by atomic mass is 79.9. The summed E-state index contributed by atoms with van der Waals surface area (Å²) in [4.78, 5) is -0.0611. The van der Waals surface area contributed by atoms with Gasteiger partial charge in [0.25, 0.3) is 10.0 Å². The molecule has 1 aromatic heterocycles. The van der Waals surface area contributed by atoms with E-state index in [1.165, 1.54) is 12.1 Å². The molecule has 5 nitrogen and oxygen atoms in total. The number of nitrogens with two attached hydrogens (primary N) is 1. The Morgan fingerprint density at radius 3 is 2.65 bits per heavy atom. The normalized spacial score (nSPS) is 11.6. The summed E-state index contributed by atoms with van der Waals surface area (Å²) < 4.78 is 32.1. The third-order valence-electron chi connectivity index (χ3n) is 2.39. The minimum absolute atomic E-state index is 0.0611. The Bertz CT molecular complexity index is 746. The number of nitrogens with one attached hydrogen (secondary N) is 1. The Labute approximate surface area is 134 Å². The van der Waals surface area contributed by atoms with Crippen LogP contribution in [0.5, 0.6) is 0 Å². The summed E-state index contributed by atoms with van der Waals surface area (Å²) in [6.45, 7) is 0.0893. The van der Waals surface area contributed by atoms with Crippen molar-refractivity contribution >= 4 is 54.8 Å². The summed E-state index contributed by atoms with van der Waals surface area (Å²) in [6.07, 6.45) is 0. The molecule has 2 aromatic rings. The van der Waals surface area contributed by atoms with Crippen molar-refractivity contribution < 1.29 is 12.8 Å². The molecule has 0 saturated carbocycles. The number of rotatable bonds is 4. The van der Waals surface area contributed by atoms with Crippen LogP contribution in [0, 0.1) is 0 Å². The van der Waals surface area contributed by atoms with Gasteiger partial charge in [0, 0.05) is 6.07 Å². The predicted molar refractivity (Wildman–Crippen MR) is 81.6 cm³/mol. The molecule has 20 heavy (non-hydrogen) atoms. The van der Waals surface area contributed by atoms with Crippen LogP contribution < -0.4 is 10.5 Å². The van der Waals surface area contributed by atoms with Crippen LogP contribution in [0.3, 0.4) is 0 Å². The van der Waals surface area contributed by atoms with Crippen molar-refractivity contribution in [2.45, 2.75) is 11.4 Å².